The van der Waals surface area contributed by atoms with E-state index in [4.69, 9.17) is 4.74 Å². The maximum Gasteiger partial charge on any atom is 0.308 e. The molecular formula is C19H20FNO5S. The summed E-state index contributed by atoms with van der Waals surface area (Å²) in [7, 11) is 0. The quantitative estimate of drug-likeness (QED) is 0.717. The zero-order valence-electron chi connectivity index (χ0n) is 14.8. The molecular weight excluding hydrogens is 373 g/mol. The Morgan fingerprint density at radius 3 is 2.59 bits per heavy atom. The van der Waals surface area contributed by atoms with Gasteiger partial charge in [0.2, 0.25) is 0 Å². The summed E-state index contributed by atoms with van der Waals surface area (Å²) in [5, 5.41) is 8.64. The third-order valence-electron chi connectivity index (χ3n) is 4.70. The number of benzene rings is 1. The lowest BCUT2D eigenvalue weighted by molar-refractivity contribution is -0.137. The Hall–Kier alpha value is -2.19. The van der Waals surface area contributed by atoms with Gasteiger partial charge in [-0.3, -0.25) is 14.4 Å². The van der Waals surface area contributed by atoms with Crippen LogP contribution >= 0.6 is 11.8 Å². The molecule has 144 valence electrons. The predicted octanol–water partition coefficient (Wildman–Crippen LogP) is 2.49. The van der Waals surface area contributed by atoms with Gasteiger partial charge in [-0.1, -0.05) is 0 Å². The number of aliphatic carboxylic acids is 1. The molecule has 0 saturated carbocycles. The number of carboxylic acid groups (broad SMARTS) is 1. The van der Waals surface area contributed by atoms with Gasteiger partial charge in [-0.15, -0.1) is 11.8 Å². The number of thioether (sulfide) groups is 1. The number of hydrogen-bond acceptors (Lipinski definition) is 5. The van der Waals surface area contributed by atoms with Gasteiger partial charge < -0.3 is 14.7 Å². The van der Waals surface area contributed by atoms with Gasteiger partial charge in [-0.25, -0.2) is 4.39 Å². The number of ether oxygens (including phenoxy) is 1. The van der Waals surface area contributed by atoms with Crippen molar-refractivity contribution >= 4 is 29.4 Å². The molecule has 0 unspecified atom stereocenters. The van der Waals surface area contributed by atoms with Crippen LogP contribution in [0.5, 0.6) is 0 Å². The van der Waals surface area contributed by atoms with Gasteiger partial charge in [-0.05, 0) is 43.4 Å². The average molecular weight is 393 g/mol. The van der Waals surface area contributed by atoms with E-state index >= 15 is 0 Å². The van der Waals surface area contributed by atoms with Crippen LogP contribution in [0.4, 0.5) is 4.39 Å². The van der Waals surface area contributed by atoms with Crippen LogP contribution in [0.25, 0.3) is 0 Å². The first kappa shape index (κ1) is 19.6. The first-order valence-electron chi connectivity index (χ1n) is 8.62. The Labute approximate surface area is 160 Å². The summed E-state index contributed by atoms with van der Waals surface area (Å²) in [4.78, 5) is 38.8. The number of carboxylic acids is 1. The van der Waals surface area contributed by atoms with Crippen molar-refractivity contribution < 1.29 is 28.6 Å². The second kappa shape index (κ2) is 8.22. The number of hydrogen-bond donors (Lipinski definition) is 1. The second-order valence-corrected chi connectivity index (χ2v) is 7.40. The fourth-order valence-corrected chi connectivity index (χ4v) is 4.38. The highest BCUT2D eigenvalue weighted by molar-refractivity contribution is 7.99. The molecule has 2 aliphatic rings. The van der Waals surface area contributed by atoms with Crippen molar-refractivity contribution in [2.75, 3.05) is 19.4 Å². The molecule has 8 heteroatoms. The smallest absolute Gasteiger partial charge is 0.308 e. The molecule has 1 aromatic rings. The summed E-state index contributed by atoms with van der Waals surface area (Å²) in [6.07, 6.45) is 2.85. The van der Waals surface area contributed by atoms with E-state index in [2.05, 4.69) is 0 Å². The molecule has 1 amide bonds. The molecule has 2 aliphatic heterocycles. The van der Waals surface area contributed by atoms with Gasteiger partial charge in [0.25, 0.3) is 5.91 Å². The number of carbonyl (C=O) groups is 3. The number of rotatable bonds is 7. The Bertz CT molecular complexity index is 786. The molecule has 3 rings (SSSR count). The lowest BCUT2D eigenvalue weighted by Gasteiger charge is -2.27. The van der Waals surface area contributed by atoms with Gasteiger partial charge >= 0.3 is 5.97 Å². The van der Waals surface area contributed by atoms with Crippen molar-refractivity contribution in [3.8, 4) is 0 Å². The Balaban J connectivity index is 1.97. The SMILES string of the molecule is CS[C@@H]1C(C(=O)c2ccc(F)cc2)=C(CC(=O)O)C(=O)N1C[C@H]1CCCO1. The average Bonchev–Trinajstić information content (AvgIpc) is 3.23. The summed E-state index contributed by atoms with van der Waals surface area (Å²) in [6.45, 7) is 0.946. The number of halogens is 1. The van der Waals surface area contributed by atoms with Crippen LogP contribution < -0.4 is 0 Å². The summed E-state index contributed by atoms with van der Waals surface area (Å²) in [6, 6.07) is 5.01. The van der Waals surface area contributed by atoms with E-state index in [1.165, 1.54) is 40.9 Å². The van der Waals surface area contributed by atoms with Crippen LogP contribution in [0, 0.1) is 5.82 Å². The molecule has 0 radical (unpaired) electrons. The van der Waals surface area contributed by atoms with Crippen molar-refractivity contribution in [1.29, 1.82) is 0 Å². The zero-order chi connectivity index (χ0) is 19.6. The van der Waals surface area contributed by atoms with Gasteiger partial charge in [0.1, 0.15) is 11.2 Å². The van der Waals surface area contributed by atoms with Gasteiger partial charge in [0, 0.05) is 29.9 Å². The molecule has 0 aromatic heterocycles. The molecule has 1 N–H and O–H groups in total. The predicted molar refractivity (Wildman–Crippen MR) is 98.0 cm³/mol. The number of ketones is 1. The van der Waals surface area contributed by atoms with Crippen molar-refractivity contribution in [2.45, 2.75) is 30.7 Å². The Morgan fingerprint density at radius 1 is 1.33 bits per heavy atom. The minimum Gasteiger partial charge on any atom is -0.481 e. The van der Waals surface area contributed by atoms with Crippen LogP contribution in [0.2, 0.25) is 0 Å². The van der Waals surface area contributed by atoms with E-state index in [0.717, 1.165) is 12.8 Å². The second-order valence-electron chi connectivity index (χ2n) is 6.48. The summed E-state index contributed by atoms with van der Waals surface area (Å²) in [5.74, 6) is -2.55. The minimum absolute atomic E-state index is 0.00540. The largest absolute Gasteiger partial charge is 0.481 e. The molecule has 1 aromatic carbocycles. The molecule has 0 aliphatic carbocycles. The number of carbonyl (C=O) groups excluding carboxylic acids is 2. The number of Topliss-reactive ketones (excluding diaryl/α,β-unsaturated/α-hetero) is 1. The monoisotopic (exact) mass is 393 g/mol. The van der Waals surface area contributed by atoms with Gasteiger partial charge in [0.15, 0.2) is 5.78 Å². The third kappa shape index (κ3) is 4.06. The van der Waals surface area contributed by atoms with E-state index in [0.29, 0.717) is 13.2 Å². The lowest BCUT2D eigenvalue weighted by atomic mass is 9.98. The van der Waals surface area contributed by atoms with Crippen molar-refractivity contribution in [2.24, 2.45) is 0 Å². The third-order valence-corrected chi connectivity index (χ3v) is 5.64. The van der Waals surface area contributed by atoms with Crippen LogP contribution in [0.3, 0.4) is 0 Å². The molecule has 27 heavy (non-hydrogen) atoms. The highest BCUT2D eigenvalue weighted by Crippen LogP contribution is 2.36. The van der Waals surface area contributed by atoms with Crippen molar-refractivity contribution in [3.05, 3.63) is 46.8 Å². The molecule has 1 fully saturated rings. The van der Waals surface area contributed by atoms with E-state index in [9.17, 15) is 23.9 Å². The zero-order valence-corrected chi connectivity index (χ0v) is 15.6. The van der Waals surface area contributed by atoms with E-state index < -0.39 is 35.3 Å². The van der Waals surface area contributed by atoms with Crippen LogP contribution in [0.1, 0.15) is 29.6 Å². The summed E-state index contributed by atoms with van der Waals surface area (Å²) < 4.78 is 18.8. The number of nitrogens with zero attached hydrogens (tertiary/aromatic N) is 1. The van der Waals surface area contributed by atoms with Crippen LogP contribution in [-0.2, 0) is 14.3 Å². The molecule has 2 atom stereocenters. The Morgan fingerprint density at radius 2 is 2.04 bits per heavy atom. The van der Waals surface area contributed by atoms with E-state index in [1.54, 1.807) is 6.26 Å². The highest BCUT2D eigenvalue weighted by Gasteiger charge is 2.43. The molecule has 2 heterocycles. The van der Waals surface area contributed by atoms with Gasteiger partial charge in [-0.2, -0.15) is 0 Å². The Kier molecular flexibility index (Phi) is 5.96. The van der Waals surface area contributed by atoms with E-state index in [-0.39, 0.29) is 22.8 Å². The first-order chi connectivity index (χ1) is 12.9. The number of amides is 1. The molecule has 0 spiro atoms. The highest BCUT2D eigenvalue weighted by atomic mass is 32.2. The standard InChI is InChI=1S/C19H20FNO5S/c1-27-19-16(17(24)11-4-6-12(20)7-5-11)14(9-15(22)23)18(25)21(19)10-13-3-2-8-26-13/h4-7,13,19H,2-3,8-10H2,1H3,(H,22,23)/t13-,19-/m1/s1. The van der Waals surface area contributed by atoms with E-state index in [1.807, 2.05) is 0 Å². The van der Waals surface area contributed by atoms with Crippen molar-refractivity contribution in [1.82, 2.24) is 4.90 Å². The summed E-state index contributed by atoms with van der Waals surface area (Å²) in [5.41, 5.74) is 0.383. The fraction of sp³-hybridized carbons (Fsp3) is 0.421. The molecule has 6 nitrogen and oxygen atoms in total. The van der Waals surface area contributed by atoms with Crippen LogP contribution in [0.15, 0.2) is 35.4 Å². The van der Waals surface area contributed by atoms with Crippen LogP contribution in [-0.4, -0.2) is 58.6 Å². The molecule has 0 bridgehead atoms. The lowest BCUT2D eigenvalue weighted by Crippen LogP contribution is -2.40. The molecule has 1 saturated heterocycles. The maximum absolute atomic E-state index is 13.2. The summed E-state index contributed by atoms with van der Waals surface area (Å²) >= 11 is 1.30. The minimum atomic E-state index is -1.18. The maximum atomic E-state index is 13.2. The topological polar surface area (TPSA) is 83.9 Å². The normalized spacial score (nSPS) is 22.6. The van der Waals surface area contributed by atoms with Crippen molar-refractivity contribution in [3.63, 3.8) is 0 Å². The first-order valence-corrected chi connectivity index (χ1v) is 9.91. The van der Waals surface area contributed by atoms with Gasteiger partial charge in [0.05, 0.1) is 12.5 Å². The fourth-order valence-electron chi connectivity index (χ4n) is 3.46.